The van der Waals surface area contributed by atoms with Crippen LogP contribution in [0.1, 0.15) is 18.9 Å². The van der Waals surface area contributed by atoms with E-state index in [0.29, 0.717) is 5.75 Å². The van der Waals surface area contributed by atoms with E-state index < -0.39 is 0 Å². The summed E-state index contributed by atoms with van der Waals surface area (Å²) >= 11 is 1.65. The highest BCUT2D eigenvalue weighted by Crippen LogP contribution is 2.10. The number of amides is 1. The molecule has 0 aliphatic heterocycles. The van der Waals surface area contributed by atoms with Gasteiger partial charge in [0.15, 0.2) is 0 Å². The Bertz CT molecular complexity index is 348. The third-order valence-corrected chi connectivity index (χ3v) is 3.22. The molecule has 0 saturated heterocycles. The molecule has 0 radical (unpaired) electrons. The number of nitrogens with one attached hydrogen (secondary N) is 1. The highest BCUT2D eigenvalue weighted by atomic mass is 32.2. The van der Waals surface area contributed by atoms with E-state index >= 15 is 0 Å². The predicted octanol–water partition coefficient (Wildman–Crippen LogP) is 3.00. The van der Waals surface area contributed by atoms with Crippen molar-refractivity contribution in [2.45, 2.75) is 19.1 Å². The van der Waals surface area contributed by atoms with Gasteiger partial charge in [0.1, 0.15) is 0 Å². The fourth-order valence-corrected chi connectivity index (χ4v) is 2.17. The fourth-order valence-electron chi connectivity index (χ4n) is 1.35. The minimum atomic E-state index is 0.121. The van der Waals surface area contributed by atoms with E-state index in [1.807, 2.05) is 31.2 Å². The summed E-state index contributed by atoms with van der Waals surface area (Å²) in [6.45, 7) is 2.71. The molecule has 0 atom stereocenters. The number of allylic oxidation sites excluding steroid dienone is 1. The van der Waals surface area contributed by atoms with Crippen LogP contribution in [-0.2, 0) is 10.5 Å². The topological polar surface area (TPSA) is 29.1 Å². The second-order valence-corrected chi connectivity index (χ2v) is 4.67. The van der Waals surface area contributed by atoms with Crippen molar-refractivity contribution in [2.75, 3.05) is 12.3 Å². The Morgan fingerprint density at radius 3 is 2.82 bits per heavy atom. The Morgan fingerprint density at radius 2 is 2.12 bits per heavy atom. The van der Waals surface area contributed by atoms with Gasteiger partial charge in [-0.1, -0.05) is 42.5 Å². The molecule has 0 heterocycles. The molecule has 0 unspecified atom stereocenters. The summed E-state index contributed by atoms with van der Waals surface area (Å²) < 4.78 is 0. The first-order chi connectivity index (χ1) is 8.33. The van der Waals surface area contributed by atoms with Gasteiger partial charge in [-0.2, -0.15) is 0 Å². The van der Waals surface area contributed by atoms with Gasteiger partial charge in [-0.15, -0.1) is 11.8 Å². The molecule has 0 spiro atoms. The Labute approximate surface area is 107 Å². The predicted molar refractivity (Wildman–Crippen MR) is 75.0 cm³/mol. The van der Waals surface area contributed by atoms with Crippen LogP contribution in [0.2, 0.25) is 0 Å². The van der Waals surface area contributed by atoms with Gasteiger partial charge in [0.25, 0.3) is 0 Å². The van der Waals surface area contributed by atoms with E-state index in [9.17, 15) is 4.79 Å². The van der Waals surface area contributed by atoms with Crippen LogP contribution in [0.15, 0.2) is 42.5 Å². The number of thioether (sulfide) groups is 1. The van der Waals surface area contributed by atoms with E-state index in [1.165, 1.54) is 5.56 Å². The minimum absolute atomic E-state index is 0.121. The van der Waals surface area contributed by atoms with Crippen LogP contribution in [0.4, 0.5) is 0 Å². The lowest BCUT2D eigenvalue weighted by molar-refractivity contribution is -0.118. The summed E-state index contributed by atoms with van der Waals surface area (Å²) in [7, 11) is 0. The van der Waals surface area contributed by atoms with E-state index in [4.69, 9.17) is 0 Å². The molecule has 3 heteroatoms. The molecule has 0 aliphatic rings. The smallest absolute Gasteiger partial charge is 0.230 e. The Hall–Kier alpha value is -1.22. The minimum Gasteiger partial charge on any atom is -0.355 e. The first-order valence-electron chi connectivity index (χ1n) is 5.82. The number of rotatable bonds is 7. The second kappa shape index (κ2) is 8.88. The lowest BCUT2D eigenvalue weighted by Crippen LogP contribution is -2.25. The third kappa shape index (κ3) is 6.84. The largest absolute Gasteiger partial charge is 0.355 e. The van der Waals surface area contributed by atoms with Crippen LogP contribution in [0.5, 0.6) is 0 Å². The maximum atomic E-state index is 11.4. The molecule has 2 nitrogen and oxygen atoms in total. The highest BCUT2D eigenvalue weighted by molar-refractivity contribution is 7.99. The van der Waals surface area contributed by atoms with Gasteiger partial charge < -0.3 is 5.32 Å². The van der Waals surface area contributed by atoms with Gasteiger partial charge >= 0.3 is 0 Å². The molecule has 0 aromatic heterocycles. The van der Waals surface area contributed by atoms with Gasteiger partial charge in [0.2, 0.25) is 5.91 Å². The second-order valence-electron chi connectivity index (χ2n) is 3.69. The lowest BCUT2D eigenvalue weighted by atomic mass is 10.2. The molecule has 17 heavy (non-hydrogen) atoms. The summed E-state index contributed by atoms with van der Waals surface area (Å²) in [5, 5.41) is 2.89. The van der Waals surface area contributed by atoms with Gasteiger partial charge in [-0.05, 0) is 18.9 Å². The van der Waals surface area contributed by atoms with Crippen molar-refractivity contribution >= 4 is 17.7 Å². The molecule has 1 rings (SSSR count). The summed E-state index contributed by atoms with van der Waals surface area (Å²) in [4.78, 5) is 11.4. The van der Waals surface area contributed by atoms with E-state index in [-0.39, 0.29) is 5.91 Å². The average molecular weight is 249 g/mol. The van der Waals surface area contributed by atoms with Crippen LogP contribution >= 0.6 is 11.8 Å². The molecule has 1 aromatic rings. The van der Waals surface area contributed by atoms with Gasteiger partial charge in [0, 0.05) is 12.3 Å². The Morgan fingerprint density at radius 1 is 1.35 bits per heavy atom. The van der Waals surface area contributed by atoms with Crippen molar-refractivity contribution in [2.24, 2.45) is 0 Å². The van der Waals surface area contributed by atoms with Crippen molar-refractivity contribution < 1.29 is 4.79 Å². The number of hydrogen-bond acceptors (Lipinski definition) is 2. The van der Waals surface area contributed by atoms with Crippen LogP contribution in [0.3, 0.4) is 0 Å². The standard InChI is InChI=1S/C14H19NOS/c1-2-3-7-10-15-14(16)12-17-11-13-8-5-4-6-9-13/h2-6,8-9H,7,10-12H2,1H3,(H,15,16)/b3-2+. The Kier molecular flexibility index (Phi) is 7.23. The zero-order valence-corrected chi connectivity index (χ0v) is 11.0. The lowest BCUT2D eigenvalue weighted by Gasteiger charge is -2.03. The van der Waals surface area contributed by atoms with Gasteiger partial charge in [-0.25, -0.2) is 0 Å². The fraction of sp³-hybridized carbons (Fsp3) is 0.357. The summed E-state index contributed by atoms with van der Waals surface area (Å²) in [5.74, 6) is 1.55. The molecule has 0 bridgehead atoms. The third-order valence-electron chi connectivity index (χ3n) is 2.21. The molecule has 1 aromatic carbocycles. The highest BCUT2D eigenvalue weighted by Gasteiger charge is 2.00. The quantitative estimate of drug-likeness (QED) is 0.594. The molecular formula is C14H19NOS. The normalized spacial score (nSPS) is 10.6. The monoisotopic (exact) mass is 249 g/mol. The van der Waals surface area contributed by atoms with Crippen molar-refractivity contribution in [3.05, 3.63) is 48.0 Å². The van der Waals surface area contributed by atoms with Crippen molar-refractivity contribution in [3.63, 3.8) is 0 Å². The summed E-state index contributed by atoms with van der Waals surface area (Å²) in [6, 6.07) is 10.2. The number of carbonyl (C=O) groups excluding carboxylic acids is 1. The van der Waals surface area contributed by atoms with Crippen molar-refractivity contribution in [3.8, 4) is 0 Å². The van der Waals surface area contributed by atoms with Crippen LogP contribution in [-0.4, -0.2) is 18.2 Å². The summed E-state index contributed by atoms with van der Waals surface area (Å²) in [5.41, 5.74) is 1.26. The number of hydrogen-bond donors (Lipinski definition) is 1. The zero-order valence-electron chi connectivity index (χ0n) is 10.2. The molecule has 1 N–H and O–H groups in total. The van der Waals surface area contributed by atoms with Crippen molar-refractivity contribution in [1.29, 1.82) is 0 Å². The summed E-state index contributed by atoms with van der Waals surface area (Å²) in [6.07, 6.45) is 4.96. The Balaban J connectivity index is 2.08. The number of benzene rings is 1. The maximum Gasteiger partial charge on any atom is 0.230 e. The van der Waals surface area contributed by atoms with Crippen LogP contribution in [0.25, 0.3) is 0 Å². The van der Waals surface area contributed by atoms with Gasteiger partial charge in [0.05, 0.1) is 5.75 Å². The van der Waals surface area contributed by atoms with Gasteiger partial charge in [-0.3, -0.25) is 4.79 Å². The molecule has 0 saturated carbocycles. The van der Waals surface area contributed by atoms with Crippen molar-refractivity contribution in [1.82, 2.24) is 5.32 Å². The molecule has 0 fully saturated rings. The SMILES string of the molecule is C/C=C/CCNC(=O)CSCc1ccccc1. The molecule has 0 aliphatic carbocycles. The average Bonchev–Trinajstić information content (AvgIpc) is 2.36. The molecule has 92 valence electrons. The van der Waals surface area contributed by atoms with Crippen LogP contribution in [0, 0.1) is 0 Å². The van der Waals surface area contributed by atoms with E-state index in [0.717, 1.165) is 18.7 Å². The molecular weight excluding hydrogens is 230 g/mol. The number of carbonyl (C=O) groups is 1. The van der Waals surface area contributed by atoms with E-state index in [2.05, 4.69) is 23.5 Å². The first-order valence-corrected chi connectivity index (χ1v) is 6.98. The van der Waals surface area contributed by atoms with Crippen LogP contribution < -0.4 is 5.32 Å². The van der Waals surface area contributed by atoms with E-state index in [1.54, 1.807) is 11.8 Å². The maximum absolute atomic E-state index is 11.4. The molecule has 1 amide bonds. The first kappa shape index (κ1) is 13.8. The zero-order chi connectivity index (χ0) is 12.3.